The Kier molecular flexibility index (Phi) is 6.02. The van der Waals surface area contributed by atoms with Crippen LogP contribution < -0.4 is 15.5 Å². The quantitative estimate of drug-likeness (QED) is 0.809. The molecule has 0 radical (unpaired) electrons. The third-order valence-electron chi connectivity index (χ3n) is 6.01. The molecular weight excluding hydrogens is 362 g/mol. The first kappa shape index (κ1) is 19.7. The summed E-state index contributed by atoms with van der Waals surface area (Å²) >= 11 is 0. The zero-order chi connectivity index (χ0) is 20.2. The maximum Gasteiger partial charge on any atom is 0.258 e. The summed E-state index contributed by atoms with van der Waals surface area (Å²) in [5.41, 5.74) is 9.30. The van der Waals surface area contributed by atoms with E-state index in [9.17, 15) is 4.79 Å². The lowest BCUT2D eigenvalue weighted by molar-refractivity contribution is 0.0987. The van der Waals surface area contributed by atoms with Crippen LogP contribution in [-0.4, -0.2) is 75.1 Å². The molecule has 0 atom stereocenters. The topological polar surface area (TPSA) is 56.0 Å². The van der Waals surface area contributed by atoms with E-state index in [1.165, 1.54) is 0 Å². The first-order chi connectivity index (χ1) is 14.1. The molecule has 2 heterocycles. The van der Waals surface area contributed by atoms with Crippen LogP contribution in [0.1, 0.15) is 16.8 Å². The van der Waals surface area contributed by atoms with Crippen molar-refractivity contribution in [3.8, 4) is 0 Å². The van der Waals surface area contributed by atoms with Crippen LogP contribution in [0.5, 0.6) is 0 Å². The fraction of sp³-hybridized carbons (Fsp3) is 0.435. The van der Waals surface area contributed by atoms with Crippen LogP contribution in [0.3, 0.4) is 0 Å². The van der Waals surface area contributed by atoms with E-state index in [2.05, 4.69) is 39.9 Å². The average molecular weight is 394 g/mol. The molecule has 0 spiro atoms. The van der Waals surface area contributed by atoms with Crippen LogP contribution in [0.25, 0.3) is 0 Å². The fourth-order valence-corrected chi connectivity index (χ4v) is 4.18. The third-order valence-corrected chi connectivity index (χ3v) is 6.01. The molecule has 0 aromatic heterocycles. The van der Waals surface area contributed by atoms with Gasteiger partial charge in [0.2, 0.25) is 0 Å². The number of nitrogens with zero attached hydrogens (tertiary/aromatic N) is 4. The standard InChI is InChI=1S/C23H31N5O/c1-25-13-15-26(16-14-25)17-18-27-11-4-12-28(22-6-3-2-5-21(22)27)23(29)19-7-9-20(24)10-8-19/h2-3,5-10H,4,11-18,24H2,1H3. The Labute approximate surface area is 173 Å². The van der Waals surface area contributed by atoms with Crippen molar-refractivity contribution in [1.29, 1.82) is 0 Å². The van der Waals surface area contributed by atoms with E-state index in [1.54, 1.807) is 12.1 Å². The molecule has 154 valence electrons. The molecule has 4 rings (SSSR count). The van der Waals surface area contributed by atoms with E-state index in [1.807, 2.05) is 23.1 Å². The SMILES string of the molecule is CN1CCN(CCN2CCCN(C(=O)c3ccc(N)cc3)c3ccccc32)CC1. The maximum atomic E-state index is 13.2. The Morgan fingerprint density at radius 3 is 2.28 bits per heavy atom. The van der Waals surface area contributed by atoms with Gasteiger partial charge in [0.05, 0.1) is 11.4 Å². The predicted molar refractivity (Wildman–Crippen MR) is 120 cm³/mol. The van der Waals surface area contributed by atoms with Gasteiger partial charge in [-0.1, -0.05) is 12.1 Å². The summed E-state index contributed by atoms with van der Waals surface area (Å²) in [4.78, 5) is 22.5. The molecule has 0 aliphatic carbocycles. The van der Waals surface area contributed by atoms with Gasteiger partial charge in [0.25, 0.3) is 5.91 Å². The van der Waals surface area contributed by atoms with Gasteiger partial charge in [-0.15, -0.1) is 0 Å². The molecule has 1 amide bonds. The Bertz CT molecular complexity index is 829. The molecule has 1 saturated heterocycles. The molecule has 2 aromatic carbocycles. The largest absolute Gasteiger partial charge is 0.399 e. The number of rotatable bonds is 4. The minimum absolute atomic E-state index is 0.0402. The fourth-order valence-electron chi connectivity index (χ4n) is 4.18. The highest BCUT2D eigenvalue weighted by Gasteiger charge is 2.26. The summed E-state index contributed by atoms with van der Waals surface area (Å²) in [6.45, 7) is 8.29. The van der Waals surface area contributed by atoms with Crippen LogP contribution in [-0.2, 0) is 0 Å². The van der Waals surface area contributed by atoms with Gasteiger partial charge < -0.3 is 20.4 Å². The van der Waals surface area contributed by atoms with E-state index >= 15 is 0 Å². The van der Waals surface area contributed by atoms with Crippen LogP contribution in [0.15, 0.2) is 48.5 Å². The Balaban J connectivity index is 1.51. The Morgan fingerprint density at radius 1 is 0.862 bits per heavy atom. The predicted octanol–water partition coefficient (Wildman–Crippen LogP) is 2.37. The van der Waals surface area contributed by atoms with Crippen molar-refractivity contribution in [1.82, 2.24) is 9.80 Å². The van der Waals surface area contributed by atoms with Gasteiger partial charge >= 0.3 is 0 Å². The molecular formula is C23H31N5O. The normalized spacial score (nSPS) is 18.4. The van der Waals surface area contributed by atoms with Crippen molar-refractivity contribution in [2.24, 2.45) is 0 Å². The first-order valence-corrected chi connectivity index (χ1v) is 10.5. The van der Waals surface area contributed by atoms with Crippen LogP contribution >= 0.6 is 0 Å². The monoisotopic (exact) mass is 393 g/mol. The summed E-state index contributed by atoms with van der Waals surface area (Å²) in [7, 11) is 2.19. The summed E-state index contributed by atoms with van der Waals surface area (Å²) in [5.74, 6) is 0.0402. The van der Waals surface area contributed by atoms with Crippen LogP contribution in [0, 0.1) is 0 Å². The first-order valence-electron chi connectivity index (χ1n) is 10.5. The van der Waals surface area contributed by atoms with Crippen LogP contribution in [0.2, 0.25) is 0 Å². The van der Waals surface area contributed by atoms with Gasteiger partial charge in [-0.3, -0.25) is 9.69 Å². The second-order valence-corrected chi connectivity index (χ2v) is 8.05. The van der Waals surface area contributed by atoms with Crippen LogP contribution in [0.4, 0.5) is 17.1 Å². The van der Waals surface area contributed by atoms with Gasteiger partial charge in [0.1, 0.15) is 0 Å². The Hall–Kier alpha value is -2.57. The summed E-state index contributed by atoms with van der Waals surface area (Å²) < 4.78 is 0. The van der Waals surface area contributed by atoms with Gasteiger partial charge in [-0.05, 0) is 49.9 Å². The smallest absolute Gasteiger partial charge is 0.258 e. The molecule has 2 aliphatic heterocycles. The molecule has 2 aliphatic rings. The molecule has 2 aromatic rings. The number of carbonyl (C=O) groups is 1. The minimum Gasteiger partial charge on any atom is -0.399 e. The molecule has 0 saturated carbocycles. The van der Waals surface area contributed by atoms with Gasteiger partial charge in [-0.2, -0.15) is 0 Å². The average Bonchev–Trinajstić information content (AvgIpc) is 2.93. The summed E-state index contributed by atoms with van der Waals surface area (Å²) in [6.07, 6.45) is 0.956. The summed E-state index contributed by atoms with van der Waals surface area (Å²) in [6, 6.07) is 15.5. The molecule has 2 N–H and O–H groups in total. The zero-order valence-corrected chi connectivity index (χ0v) is 17.3. The number of amides is 1. The summed E-state index contributed by atoms with van der Waals surface area (Å²) in [5, 5.41) is 0. The highest BCUT2D eigenvalue weighted by Crippen LogP contribution is 2.33. The van der Waals surface area contributed by atoms with Gasteiger partial charge in [-0.25, -0.2) is 0 Å². The second kappa shape index (κ2) is 8.84. The number of anilines is 3. The number of benzene rings is 2. The van der Waals surface area contributed by atoms with E-state index in [0.717, 1.165) is 70.2 Å². The lowest BCUT2D eigenvalue weighted by atomic mass is 10.1. The van der Waals surface area contributed by atoms with Crippen molar-refractivity contribution >= 4 is 23.0 Å². The minimum atomic E-state index is 0.0402. The molecule has 1 fully saturated rings. The maximum absolute atomic E-state index is 13.2. The molecule has 29 heavy (non-hydrogen) atoms. The van der Waals surface area contributed by atoms with Gasteiger partial charge in [0.15, 0.2) is 0 Å². The molecule has 6 heteroatoms. The number of para-hydroxylation sites is 2. The highest BCUT2D eigenvalue weighted by molar-refractivity contribution is 6.08. The van der Waals surface area contributed by atoms with Crippen molar-refractivity contribution in [3.05, 3.63) is 54.1 Å². The lowest BCUT2D eigenvalue weighted by Crippen LogP contribution is -2.47. The number of piperazine rings is 1. The van der Waals surface area contributed by atoms with E-state index < -0.39 is 0 Å². The number of nitrogens with two attached hydrogens (primary N) is 1. The second-order valence-electron chi connectivity index (χ2n) is 8.05. The van der Waals surface area contributed by atoms with E-state index in [-0.39, 0.29) is 5.91 Å². The lowest BCUT2D eigenvalue weighted by Gasteiger charge is -2.34. The van der Waals surface area contributed by atoms with Crippen molar-refractivity contribution in [3.63, 3.8) is 0 Å². The van der Waals surface area contributed by atoms with Crippen molar-refractivity contribution in [2.45, 2.75) is 6.42 Å². The molecule has 0 bridgehead atoms. The third kappa shape index (κ3) is 4.54. The number of likely N-dealkylation sites (N-methyl/N-ethyl adjacent to an activating group) is 1. The van der Waals surface area contributed by atoms with E-state index in [4.69, 9.17) is 5.73 Å². The van der Waals surface area contributed by atoms with Crippen molar-refractivity contribution in [2.75, 3.05) is 74.9 Å². The molecule has 0 unspecified atom stereocenters. The number of carbonyl (C=O) groups excluding carboxylic acids is 1. The van der Waals surface area contributed by atoms with Gasteiger partial charge in [0, 0.05) is 63.6 Å². The number of fused-ring (bicyclic) bond motifs is 1. The van der Waals surface area contributed by atoms with E-state index in [0.29, 0.717) is 11.3 Å². The number of hydrogen-bond acceptors (Lipinski definition) is 5. The Morgan fingerprint density at radius 2 is 1.55 bits per heavy atom. The highest BCUT2D eigenvalue weighted by atomic mass is 16.2. The zero-order valence-electron chi connectivity index (χ0n) is 17.3. The number of nitrogen functional groups attached to an aromatic ring is 1. The van der Waals surface area contributed by atoms with Crippen molar-refractivity contribution < 1.29 is 4.79 Å². The molecule has 6 nitrogen and oxygen atoms in total. The number of hydrogen-bond donors (Lipinski definition) is 1.